The van der Waals surface area contributed by atoms with Crippen LogP contribution in [-0.2, 0) is 14.1 Å². The van der Waals surface area contributed by atoms with Crippen molar-refractivity contribution in [3.63, 3.8) is 0 Å². The van der Waals surface area contributed by atoms with Crippen LogP contribution in [0.3, 0.4) is 0 Å². The van der Waals surface area contributed by atoms with Gasteiger partial charge < -0.3 is 4.90 Å². The number of rotatable bonds is 5. The zero-order valence-electron chi connectivity index (χ0n) is 17.6. The average Bonchev–Trinajstić information content (AvgIpc) is 3.44. The molecule has 0 saturated heterocycles. The number of benzene rings is 2. The number of imidazole rings is 2. The Morgan fingerprint density at radius 3 is 1.48 bits per heavy atom. The van der Waals surface area contributed by atoms with Gasteiger partial charge in [-0.1, -0.05) is 36.4 Å². The first-order valence-corrected chi connectivity index (χ1v) is 10.2. The van der Waals surface area contributed by atoms with Crippen LogP contribution in [0, 0.1) is 0 Å². The maximum atomic E-state index is 4.94. The van der Waals surface area contributed by atoms with Gasteiger partial charge in [0.15, 0.2) is 0 Å². The highest BCUT2D eigenvalue weighted by Gasteiger charge is 2.19. The van der Waals surface area contributed by atoms with Gasteiger partial charge in [0.1, 0.15) is 24.8 Å². The molecule has 0 spiro atoms. The average molecular weight is 409 g/mol. The predicted octanol–water partition coefficient (Wildman–Crippen LogP) is 3.78. The molecule has 0 aliphatic carbocycles. The zero-order chi connectivity index (χ0) is 21.2. The zero-order valence-corrected chi connectivity index (χ0v) is 17.6. The van der Waals surface area contributed by atoms with Gasteiger partial charge >= 0.3 is 0 Å². The molecule has 0 saturated carbocycles. The number of aromatic nitrogens is 5. The molecular weight excluding hydrogens is 384 g/mol. The molecule has 0 aliphatic heterocycles. The van der Waals surface area contributed by atoms with E-state index in [0.29, 0.717) is 0 Å². The minimum Gasteiger partial charge on any atom is -0.310 e. The van der Waals surface area contributed by atoms with Crippen molar-refractivity contribution in [2.75, 3.05) is 4.90 Å². The Balaban J connectivity index is 1.74. The highest BCUT2D eigenvalue weighted by molar-refractivity contribution is 5.77. The van der Waals surface area contributed by atoms with Crippen LogP contribution in [0.2, 0.25) is 0 Å². The van der Waals surface area contributed by atoms with Gasteiger partial charge in [0, 0.05) is 23.5 Å². The predicted molar refractivity (Wildman–Crippen MR) is 120 cm³/mol. The molecule has 31 heavy (non-hydrogen) atoms. The number of aryl methyl sites for hydroxylation is 2. The Hall–Kier alpha value is -4.19. The summed E-state index contributed by atoms with van der Waals surface area (Å²) in [6, 6.07) is 25.1. The lowest BCUT2D eigenvalue weighted by atomic mass is 10.2. The number of pyridine rings is 1. The normalized spacial score (nSPS) is 10.9. The Morgan fingerprint density at radius 1 is 0.645 bits per heavy atom. The van der Waals surface area contributed by atoms with E-state index in [1.165, 1.54) is 0 Å². The molecule has 6 heteroatoms. The van der Waals surface area contributed by atoms with Crippen LogP contribution in [-0.4, -0.2) is 14.1 Å². The third-order valence-electron chi connectivity index (χ3n) is 5.14. The van der Waals surface area contributed by atoms with E-state index in [9.17, 15) is 0 Å². The quantitative estimate of drug-likeness (QED) is 0.415. The molecule has 0 N–H and O–H groups in total. The Kier molecular flexibility index (Phi) is 4.80. The van der Waals surface area contributed by atoms with Gasteiger partial charge in [0.2, 0.25) is 24.3 Å². The minimum absolute atomic E-state index is 0.848. The van der Waals surface area contributed by atoms with Crippen LogP contribution < -0.4 is 14.0 Å². The first-order valence-electron chi connectivity index (χ1n) is 10.2. The van der Waals surface area contributed by atoms with Gasteiger partial charge in [-0.25, -0.2) is 9.13 Å². The van der Waals surface area contributed by atoms with Crippen molar-refractivity contribution >= 4 is 17.1 Å². The largest absolute Gasteiger partial charge is 0.310 e. The first kappa shape index (κ1) is 18.8. The van der Waals surface area contributed by atoms with Gasteiger partial charge in [-0.05, 0) is 24.3 Å². The molecule has 0 fully saturated rings. The van der Waals surface area contributed by atoms with E-state index in [-0.39, 0.29) is 0 Å². The molecule has 0 aliphatic rings. The maximum absolute atomic E-state index is 4.94. The van der Waals surface area contributed by atoms with Crippen LogP contribution in [0.4, 0.5) is 17.1 Å². The van der Waals surface area contributed by atoms with Crippen molar-refractivity contribution in [2.24, 2.45) is 14.1 Å². The van der Waals surface area contributed by atoms with E-state index in [2.05, 4.69) is 65.6 Å². The summed E-state index contributed by atoms with van der Waals surface area (Å²) in [4.78, 5) is 7.19. The van der Waals surface area contributed by atoms with Gasteiger partial charge in [-0.2, -0.15) is 14.1 Å². The van der Waals surface area contributed by atoms with Crippen molar-refractivity contribution in [1.29, 1.82) is 0 Å². The molecule has 0 atom stereocenters. The second kappa shape index (κ2) is 7.91. The lowest BCUT2D eigenvalue weighted by molar-refractivity contribution is -0.670. The third kappa shape index (κ3) is 3.83. The Bertz CT molecular complexity index is 1210. The minimum atomic E-state index is 0.848. The molecule has 6 nitrogen and oxygen atoms in total. The molecule has 5 aromatic rings. The van der Waals surface area contributed by atoms with Crippen molar-refractivity contribution in [3.8, 4) is 11.6 Å². The SMILES string of the molecule is C[n+]1ccn(-c2cc(N(c3ccccc3)c3ccccc3)cc(-n3cc[n+](C)c3)n2)c1. The van der Waals surface area contributed by atoms with E-state index in [0.717, 1.165) is 28.7 Å². The maximum Gasteiger partial charge on any atom is 0.250 e. The van der Waals surface area contributed by atoms with Crippen molar-refractivity contribution in [1.82, 2.24) is 14.1 Å². The summed E-state index contributed by atoms with van der Waals surface area (Å²) >= 11 is 0. The van der Waals surface area contributed by atoms with Crippen LogP contribution in [0.1, 0.15) is 0 Å². The molecule has 0 amide bonds. The fourth-order valence-electron chi connectivity index (χ4n) is 3.65. The summed E-state index contributed by atoms with van der Waals surface area (Å²) < 4.78 is 8.08. The van der Waals surface area contributed by atoms with Crippen LogP contribution in [0.25, 0.3) is 11.6 Å². The lowest BCUT2D eigenvalue weighted by Gasteiger charge is -2.25. The monoisotopic (exact) mass is 408 g/mol. The lowest BCUT2D eigenvalue weighted by Crippen LogP contribution is -2.24. The highest BCUT2D eigenvalue weighted by Crippen LogP contribution is 2.35. The summed E-state index contributed by atoms with van der Waals surface area (Å²) in [5.74, 6) is 1.70. The second-order valence-electron chi connectivity index (χ2n) is 7.52. The number of anilines is 3. The summed E-state index contributed by atoms with van der Waals surface area (Å²) in [5.41, 5.74) is 3.21. The van der Waals surface area contributed by atoms with Crippen molar-refractivity contribution < 1.29 is 9.13 Å². The first-order chi connectivity index (χ1) is 15.2. The molecular formula is C25H24N6+2. The van der Waals surface area contributed by atoms with Crippen molar-refractivity contribution in [3.05, 3.63) is 110 Å². The molecule has 0 radical (unpaired) electrons. The van der Waals surface area contributed by atoms with Crippen LogP contribution in [0.5, 0.6) is 0 Å². The molecule has 3 aromatic heterocycles. The standard InChI is InChI=1S/C25H24N6/c1-27-13-15-29(19-27)24-17-23(18-25(26-24)30-16-14-28(2)20-30)31(21-9-5-3-6-10-21)22-11-7-4-8-12-22/h3-20H,1-2H3/q+2. The topological polar surface area (TPSA) is 33.8 Å². The molecule has 0 bridgehead atoms. The van der Waals surface area contributed by atoms with Crippen LogP contribution >= 0.6 is 0 Å². The van der Waals surface area contributed by atoms with Crippen LogP contribution in [0.15, 0.2) is 110 Å². The van der Waals surface area contributed by atoms with E-state index >= 15 is 0 Å². The number of hydrogen-bond acceptors (Lipinski definition) is 2. The Labute approximate surface area is 181 Å². The fraction of sp³-hybridized carbons (Fsp3) is 0.0800. The molecule has 0 unspecified atom stereocenters. The summed E-state index contributed by atoms with van der Waals surface area (Å²) in [5, 5.41) is 0. The molecule has 3 heterocycles. The number of para-hydroxylation sites is 2. The summed E-state index contributed by atoms with van der Waals surface area (Å²) in [7, 11) is 4.01. The third-order valence-corrected chi connectivity index (χ3v) is 5.14. The van der Waals surface area contributed by atoms with E-state index in [1.54, 1.807) is 0 Å². The van der Waals surface area contributed by atoms with Gasteiger partial charge in [0.25, 0.3) is 0 Å². The number of hydrogen-bond donors (Lipinski definition) is 0. The number of nitrogens with zero attached hydrogens (tertiary/aromatic N) is 6. The summed E-state index contributed by atoms with van der Waals surface area (Å²) in [6.45, 7) is 0. The van der Waals surface area contributed by atoms with E-state index in [1.807, 2.05) is 81.9 Å². The van der Waals surface area contributed by atoms with E-state index in [4.69, 9.17) is 4.98 Å². The van der Waals surface area contributed by atoms with Gasteiger partial charge in [-0.3, -0.25) is 0 Å². The molecule has 2 aromatic carbocycles. The fourth-order valence-corrected chi connectivity index (χ4v) is 3.65. The smallest absolute Gasteiger partial charge is 0.250 e. The van der Waals surface area contributed by atoms with E-state index < -0.39 is 0 Å². The Morgan fingerprint density at radius 2 is 1.10 bits per heavy atom. The van der Waals surface area contributed by atoms with Gasteiger partial charge in [-0.15, -0.1) is 0 Å². The molecule has 5 rings (SSSR count). The van der Waals surface area contributed by atoms with Gasteiger partial charge in [0.05, 0.1) is 19.8 Å². The van der Waals surface area contributed by atoms with Crippen molar-refractivity contribution in [2.45, 2.75) is 0 Å². The summed E-state index contributed by atoms with van der Waals surface area (Å²) in [6.07, 6.45) is 12.1. The molecule has 152 valence electrons. The highest BCUT2D eigenvalue weighted by atomic mass is 15.2. The second-order valence-corrected chi connectivity index (χ2v) is 7.52.